The van der Waals surface area contributed by atoms with Crippen LogP contribution in [0.4, 0.5) is 15.8 Å². The molecule has 0 aliphatic heterocycles. The maximum absolute atomic E-state index is 13.6. The van der Waals surface area contributed by atoms with Gasteiger partial charge in [0.25, 0.3) is 10.0 Å². The number of amides is 1. The van der Waals surface area contributed by atoms with Crippen LogP contribution in [0, 0.1) is 5.82 Å². The number of rotatable bonds is 4. The zero-order chi connectivity index (χ0) is 18.1. The van der Waals surface area contributed by atoms with Gasteiger partial charge in [0.2, 0.25) is 5.91 Å². The lowest BCUT2D eigenvalue weighted by Gasteiger charge is -2.12. The Kier molecular flexibility index (Phi) is 5.22. The van der Waals surface area contributed by atoms with E-state index in [9.17, 15) is 22.7 Å². The molecule has 0 aromatic heterocycles. The van der Waals surface area contributed by atoms with E-state index in [1.807, 2.05) is 0 Å². The number of benzene rings is 2. The summed E-state index contributed by atoms with van der Waals surface area (Å²) in [5, 5.41) is 12.0. The molecule has 2 aromatic rings. The molecule has 1 amide bonds. The number of nitrogens with one attached hydrogen (secondary N) is 2. The molecule has 0 spiro atoms. The van der Waals surface area contributed by atoms with Crippen molar-refractivity contribution in [2.75, 3.05) is 10.0 Å². The first kappa shape index (κ1) is 18.3. The molecule has 0 saturated carbocycles. The van der Waals surface area contributed by atoms with Gasteiger partial charge in [-0.1, -0.05) is 23.2 Å². The van der Waals surface area contributed by atoms with Crippen molar-refractivity contribution in [3.05, 3.63) is 46.2 Å². The van der Waals surface area contributed by atoms with Crippen molar-refractivity contribution in [1.82, 2.24) is 0 Å². The van der Waals surface area contributed by atoms with E-state index in [0.29, 0.717) is 0 Å². The predicted octanol–water partition coefficient (Wildman–Crippen LogP) is 3.60. The van der Waals surface area contributed by atoms with Crippen LogP contribution >= 0.6 is 23.2 Å². The second-order valence-corrected chi connectivity index (χ2v) is 7.21. The van der Waals surface area contributed by atoms with E-state index >= 15 is 0 Å². The number of aromatic hydroxyl groups is 1. The van der Waals surface area contributed by atoms with Gasteiger partial charge >= 0.3 is 0 Å². The van der Waals surface area contributed by atoms with Gasteiger partial charge in [-0.3, -0.25) is 9.52 Å². The summed E-state index contributed by atoms with van der Waals surface area (Å²) in [4.78, 5) is 10.7. The highest BCUT2D eigenvalue weighted by Crippen LogP contribution is 2.34. The molecule has 0 radical (unpaired) electrons. The number of hydrogen-bond donors (Lipinski definition) is 3. The summed E-state index contributed by atoms with van der Waals surface area (Å²) < 4.78 is 40.5. The molecule has 2 aromatic carbocycles. The van der Waals surface area contributed by atoms with Crippen LogP contribution in [0.2, 0.25) is 10.0 Å². The molecule has 0 fully saturated rings. The fourth-order valence-electron chi connectivity index (χ4n) is 1.78. The van der Waals surface area contributed by atoms with Crippen molar-refractivity contribution in [2.45, 2.75) is 11.8 Å². The van der Waals surface area contributed by atoms with Crippen LogP contribution in [0.1, 0.15) is 6.92 Å². The third kappa shape index (κ3) is 4.08. The molecule has 128 valence electrons. The van der Waals surface area contributed by atoms with E-state index in [2.05, 4.69) is 10.0 Å². The Hall–Kier alpha value is -2.03. The largest absolute Gasteiger partial charge is 0.506 e. The third-order valence-electron chi connectivity index (χ3n) is 2.84. The van der Waals surface area contributed by atoms with Crippen LogP contribution in [0.15, 0.2) is 35.2 Å². The molecule has 0 aliphatic carbocycles. The maximum Gasteiger partial charge on any atom is 0.262 e. The van der Waals surface area contributed by atoms with Gasteiger partial charge in [-0.15, -0.1) is 0 Å². The predicted molar refractivity (Wildman–Crippen MR) is 89.6 cm³/mol. The van der Waals surface area contributed by atoms with Crippen molar-refractivity contribution in [1.29, 1.82) is 0 Å². The summed E-state index contributed by atoms with van der Waals surface area (Å²) in [6.45, 7) is 1.16. The lowest BCUT2D eigenvalue weighted by atomic mass is 10.3. The number of halogens is 3. The lowest BCUT2D eigenvalue weighted by Crippen LogP contribution is -2.14. The highest BCUT2D eigenvalue weighted by atomic mass is 35.5. The second-order valence-electron chi connectivity index (χ2n) is 4.71. The van der Waals surface area contributed by atoms with E-state index < -0.39 is 27.5 Å². The molecule has 0 bridgehead atoms. The van der Waals surface area contributed by atoms with Crippen LogP contribution in [0.25, 0.3) is 0 Å². The van der Waals surface area contributed by atoms with Crippen LogP contribution in [-0.4, -0.2) is 19.4 Å². The summed E-state index contributed by atoms with van der Waals surface area (Å²) in [6.07, 6.45) is 0. The summed E-state index contributed by atoms with van der Waals surface area (Å²) in [6, 6.07) is 5.07. The first-order chi connectivity index (χ1) is 11.1. The van der Waals surface area contributed by atoms with Gasteiger partial charge in [0.1, 0.15) is 11.6 Å². The molecular weight excluding hydrogens is 382 g/mol. The van der Waals surface area contributed by atoms with Crippen LogP contribution < -0.4 is 10.0 Å². The minimum absolute atomic E-state index is 0.0326. The summed E-state index contributed by atoms with van der Waals surface area (Å²) >= 11 is 11.5. The minimum Gasteiger partial charge on any atom is -0.506 e. The van der Waals surface area contributed by atoms with Crippen LogP contribution in [0.5, 0.6) is 5.75 Å². The molecule has 0 atom stereocenters. The van der Waals surface area contributed by atoms with E-state index in [0.717, 1.165) is 37.3 Å². The Bertz CT molecular complexity index is 919. The van der Waals surface area contributed by atoms with Crippen molar-refractivity contribution in [3.8, 4) is 5.75 Å². The summed E-state index contributed by atoms with van der Waals surface area (Å²) in [7, 11) is -4.17. The van der Waals surface area contributed by atoms with Crippen molar-refractivity contribution >= 4 is 50.5 Å². The topological polar surface area (TPSA) is 95.5 Å². The number of anilines is 2. The number of sulfonamides is 1. The Morgan fingerprint density at radius 1 is 1.12 bits per heavy atom. The normalized spacial score (nSPS) is 11.2. The molecule has 3 N–H and O–H groups in total. The molecular formula is C14H11Cl2FN2O4S. The Balaban J connectivity index is 2.41. The zero-order valence-corrected chi connectivity index (χ0v) is 14.4. The highest BCUT2D eigenvalue weighted by Gasteiger charge is 2.19. The number of carbonyl (C=O) groups is 1. The summed E-state index contributed by atoms with van der Waals surface area (Å²) in [5.41, 5.74) is -0.487. The Morgan fingerprint density at radius 3 is 2.38 bits per heavy atom. The fraction of sp³-hybridized carbons (Fsp3) is 0.0714. The van der Waals surface area contributed by atoms with Crippen molar-refractivity contribution in [3.63, 3.8) is 0 Å². The quantitative estimate of drug-likeness (QED) is 0.692. The second kappa shape index (κ2) is 6.84. The fourth-order valence-corrected chi connectivity index (χ4v) is 3.19. The molecule has 0 heterocycles. The standard InChI is InChI=1S/C14H11Cl2FN2O4S/c1-7(20)18-12-4-8(2-3-11(12)17)24(22,23)19-13-5-9(15)10(16)6-14(13)21/h2-6,19,21H,1H3,(H,18,20). The SMILES string of the molecule is CC(=O)Nc1cc(S(=O)(=O)Nc2cc(Cl)c(Cl)cc2O)ccc1F. The summed E-state index contributed by atoms with van der Waals surface area (Å²) in [5.74, 6) is -1.78. The number of phenolic OH excluding ortho intramolecular Hbond substituents is 1. The van der Waals surface area contributed by atoms with Gasteiger partial charge in [0.15, 0.2) is 0 Å². The highest BCUT2D eigenvalue weighted by molar-refractivity contribution is 7.92. The Labute approximate surface area is 147 Å². The molecule has 24 heavy (non-hydrogen) atoms. The van der Waals surface area contributed by atoms with Crippen LogP contribution in [0.3, 0.4) is 0 Å². The van der Waals surface area contributed by atoms with E-state index in [4.69, 9.17) is 23.2 Å². The molecule has 0 saturated heterocycles. The number of phenols is 1. The van der Waals surface area contributed by atoms with E-state index in [1.54, 1.807) is 0 Å². The molecule has 0 unspecified atom stereocenters. The van der Waals surface area contributed by atoms with Gasteiger partial charge in [-0.25, -0.2) is 12.8 Å². The average Bonchev–Trinajstić information content (AvgIpc) is 2.46. The first-order valence-electron chi connectivity index (χ1n) is 6.38. The smallest absolute Gasteiger partial charge is 0.262 e. The average molecular weight is 393 g/mol. The lowest BCUT2D eigenvalue weighted by molar-refractivity contribution is -0.114. The minimum atomic E-state index is -4.17. The van der Waals surface area contributed by atoms with E-state index in [1.165, 1.54) is 0 Å². The van der Waals surface area contributed by atoms with Crippen LogP contribution in [-0.2, 0) is 14.8 Å². The maximum atomic E-state index is 13.6. The van der Waals surface area contributed by atoms with Crippen molar-refractivity contribution in [2.24, 2.45) is 0 Å². The monoisotopic (exact) mass is 392 g/mol. The number of hydrogen-bond acceptors (Lipinski definition) is 4. The molecule has 6 nitrogen and oxygen atoms in total. The zero-order valence-electron chi connectivity index (χ0n) is 12.1. The Morgan fingerprint density at radius 2 is 1.75 bits per heavy atom. The van der Waals surface area contributed by atoms with Gasteiger partial charge in [0, 0.05) is 13.0 Å². The molecule has 2 rings (SSSR count). The molecule has 10 heteroatoms. The number of carbonyl (C=O) groups excluding carboxylic acids is 1. The van der Waals surface area contributed by atoms with Gasteiger partial charge in [-0.2, -0.15) is 0 Å². The first-order valence-corrected chi connectivity index (χ1v) is 8.62. The van der Waals surface area contributed by atoms with E-state index in [-0.39, 0.29) is 26.3 Å². The molecule has 0 aliphatic rings. The van der Waals surface area contributed by atoms with Gasteiger partial charge in [0.05, 0.1) is 26.3 Å². The third-order valence-corrected chi connectivity index (χ3v) is 4.93. The van der Waals surface area contributed by atoms with Gasteiger partial charge in [-0.05, 0) is 24.3 Å². The van der Waals surface area contributed by atoms with Crippen molar-refractivity contribution < 1.29 is 22.7 Å². The van der Waals surface area contributed by atoms with Gasteiger partial charge < -0.3 is 10.4 Å².